The Bertz CT molecular complexity index is 1480. The lowest BCUT2D eigenvalue weighted by molar-refractivity contribution is 0.0359. The van der Waals surface area contributed by atoms with Gasteiger partial charge in [0.05, 0.1) is 27.2 Å². The normalized spacial score (nSPS) is 13.8. The fourth-order valence-corrected chi connectivity index (χ4v) is 5.13. The Hall–Kier alpha value is -3.47. The minimum atomic E-state index is -4.06. The van der Waals surface area contributed by atoms with E-state index in [4.69, 9.17) is 32.7 Å². The predicted octanol–water partition coefficient (Wildman–Crippen LogP) is 5.94. The van der Waals surface area contributed by atoms with Gasteiger partial charge in [0.2, 0.25) is 0 Å². The molecule has 3 aromatic carbocycles. The summed E-state index contributed by atoms with van der Waals surface area (Å²) in [5.41, 5.74) is -0.483. The van der Waals surface area contributed by atoms with Crippen molar-refractivity contribution in [2.75, 3.05) is 17.8 Å². The van der Waals surface area contributed by atoms with Crippen LogP contribution in [0.1, 0.15) is 31.1 Å². The zero-order valence-corrected chi connectivity index (χ0v) is 23.7. The number of anilines is 1. The lowest BCUT2D eigenvalue weighted by atomic mass is 10.1. The minimum Gasteiger partial charge on any atom is -0.456 e. The van der Waals surface area contributed by atoms with E-state index in [1.807, 2.05) is 0 Å². The molecule has 1 heterocycles. The maximum atomic E-state index is 13.2. The summed E-state index contributed by atoms with van der Waals surface area (Å²) in [5, 5.41) is 3.40. The largest absolute Gasteiger partial charge is 0.456 e. The van der Waals surface area contributed by atoms with Crippen LogP contribution in [0.4, 0.5) is 10.5 Å². The summed E-state index contributed by atoms with van der Waals surface area (Å²) in [4.78, 5) is 26.6. The Morgan fingerprint density at radius 1 is 0.974 bits per heavy atom. The number of carbonyl (C=O) groups is 2. The Kier molecular flexibility index (Phi) is 8.29. The molecule has 1 aliphatic rings. The number of hydrogen-bond donors (Lipinski definition) is 2. The van der Waals surface area contributed by atoms with Gasteiger partial charge >= 0.3 is 6.09 Å². The second-order valence-corrected chi connectivity index (χ2v) is 12.4. The van der Waals surface area contributed by atoms with Gasteiger partial charge in [-0.15, -0.1) is 0 Å². The molecule has 9 nitrogen and oxygen atoms in total. The van der Waals surface area contributed by atoms with E-state index >= 15 is 0 Å². The highest BCUT2D eigenvalue weighted by molar-refractivity contribution is 7.92. The van der Waals surface area contributed by atoms with Crippen LogP contribution in [0.15, 0.2) is 71.6 Å². The van der Waals surface area contributed by atoms with Crippen LogP contribution in [-0.2, 0) is 14.8 Å². The van der Waals surface area contributed by atoms with Crippen molar-refractivity contribution >= 4 is 50.9 Å². The lowest BCUT2D eigenvalue weighted by Crippen LogP contribution is -2.61. The molecular formula is C27H27Cl2N3O6S. The third-order valence-corrected chi connectivity index (χ3v) is 7.47. The number of likely N-dealkylation sites (tertiary alicyclic amines) is 1. The molecule has 39 heavy (non-hydrogen) atoms. The van der Waals surface area contributed by atoms with Crippen LogP contribution in [0.3, 0.4) is 0 Å². The quantitative estimate of drug-likeness (QED) is 0.351. The molecule has 3 aromatic rings. The summed E-state index contributed by atoms with van der Waals surface area (Å²) in [5.74, 6) is 0.407. The number of ether oxygens (including phenoxy) is 2. The monoisotopic (exact) mass is 591 g/mol. The van der Waals surface area contributed by atoms with Gasteiger partial charge in [-0.1, -0.05) is 35.3 Å². The van der Waals surface area contributed by atoms with Gasteiger partial charge in [-0.3, -0.25) is 9.52 Å². The molecule has 0 aromatic heterocycles. The van der Waals surface area contributed by atoms with Crippen LogP contribution in [0, 0.1) is 0 Å². The smallest absolute Gasteiger partial charge is 0.407 e. The molecular weight excluding hydrogens is 565 g/mol. The topological polar surface area (TPSA) is 114 Å². The van der Waals surface area contributed by atoms with Crippen LogP contribution in [-0.4, -0.2) is 50.1 Å². The third-order valence-electron chi connectivity index (χ3n) is 5.54. The lowest BCUT2D eigenvalue weighted by Gasteiger charge is -2.40. The molecule has 0 spiro atoms. The molecule has 0 bridgehead atoms. The van der Waals surface area contributed by atoms with Crippen LogP contribution >= 0.6 is 23.2 Å². The summed E-state index contributed by atoms with van der Waals surface area (Å²) < 4.78 is 39.7. The highest BCUT2D eigenvalue weighted by Gasteiger charge is 2.34. The van der Waals surface area contributed by atoms with Gasteiger partial charge < -0.3 is 19.7 Å². The molecule has 2 N–H and O–H groups in total. The molecule has 0 unspecified atom stereocenters. The van der Waals surface area contributed by atoms with Crippen LogP contribution in [0.5, 0.6) is 11.5 Å². The first-order chi connectivity index (χ1) is 18.3. The Labute approximate surface area is 237 Å². The number of para-hydroxylation sites is 1. The first-order valence-electron chi connectivity index (χ1n) is 11.9. The number of hydrogen-bond acceptors (Lipinski definition) is 6. The third kappa shape index (κ3) is 7.35. The number of amides is 2. The average Bonchev–Trinajstić information content (AvgIpc) is 2.82. The second-order valence-electron chi connectivity index (χ2n) is 9.85. The van der Waals surface area contributed by atoms with Crippen molar-refractivity contribution < 1.29 is 27.5 Å². The number of rotatable bonds is 7. The van der Waals surface area contributed by atoms with E-state index in [1.54, 1.807) is 45.0 Å². The predicted molar refractivity (Wildman–Crippen MR) is 149 cm³/mol. The number of nitrogens with one attached hydrogen (secondary N) is 2. The summed E-state index contributed by atoms with van der Waals surface area (Å²) >= 11 is 12.2. The second kappa shape index (κ2) is 11.3. The average molecular weight is 593 g/mol. The van der Waals surface area contributed by atoms with Gasteiger partial charge in [0.15, 0.2) is 0 Å². The Balaban J connectivity index is 1.44. The Morgan fingerprint density at radius 2 is 1.64 bits per heavy atom. The molecule has 2 amide bonds. The van der Waals surface area contributed by atoms with E-state index in [0.29, 0.717) is 16.5 Å². The molecule has 1 fully saturated rings. The van der Waals surface area contributed by atoms with E-state index in [1.165, 1.54) is 47.4 Å². The van der Waals surface area contributed by atoms with Gasteiger partial charge in [0.25, 0.3) is 15.9 Å². The van der Waals surface area contributed by atoms with Crippen molar-refractivity contribution in [2.24, 2.45) is 0 Å². The maximum absolute atomic E-state index is 13.2. The van der Waals surface area contributed by atoms with Crippen LogP contribution in [0.25, 0.3) is 0 Å². The van der Waals surface area contributed by atoms with Gasteiger partial charge in [-0.25, -0.2) is 13.2 Å². The zero-order chi connectivity index (χ0) is 28.4. The number of benzene rings is 3. The van der Waals surface area contributed by atoms with Crippen molar-refractivity contribution in [2.45, 2.75) is 37.3 Å². The Morgan fingerprint density at radius 3 is 2.28 bits per heavy atom. The number of halogens is 2. The number of carbonyl (C=O) groups excluding carboxylic acids is 2. The first-order valence-corrected chi connectivity index (χ1v) is 14.2. The van der Waals surface area contributed by atoms with E-state index in [9.17, 15) is 18.0 Å². The van der Waals surface area contributed by atoms with E-state index in [0.717, 1.165) is 0 Å². The first kappa shape index (κ1) is 28.5. The van der Waals surface area contributed by atoms with Gasteiger partial charge in [-0.05, 0) is 75.4 Å². The SMILES string of the molecule is CC(C)(C)OC(=O)NC1CN(C(=O)c2cc(Cl)ccc2NS(=O)(=O)c2ccc(Oc3ccccc3Cl)cc2)C1. The molecule has 0 atom stereocenters. The van der Waals surface area contributed by atoms with Crippen molar-refractivity contribution in [3.63, 3.8) is 0 Å². The fourth-order valence-electron chi connectivity index (χ4n) is 3.71. The van der Waals surface area contributed by atoms with E-state index < -0.39 is 27.6 Å². The van der Waals surface area contributed by atoms with Crippen LogP contribution < -0.4 is 14.8 Å². The van der Waals surface area contributed by atoms with Crippen LogP contribution in [0.2, 0.25) is 10.0 Å². The van der Waals surface area contributed by atoms with Crippen molar-refractivity contribution in [1.82, 2.24) is 10.2 Å². The summed E-state index contributed by atoms with van der Waals surface area (Å²) in [6, 6.07) is 16.7. The highest BCUT2D eigenvalue weighted by atomic mass is 35.5. The number of nitrogens with zero attached hydrogens (tertiary/aromatic N) is 1. The fraction of sp³-hybridized carbons (Fsp3) is 0.259. The van der Waals surface area contributed by atoms with E-state index in [-0.39, 0.29) is 40.3 Å². The van der Waals surface area contributed by atoms with Crippen molar-refractivity contribution in [3.8, 4) is 11.5 Å². The standard InChI is InChI=1S/C27H27Cl2N3O6S/c1-27(2,3)38-26(34)30-18-15-32(16-18)25(33)21-14-17(28)8-13-23(21)31-39(35,36)20-11-9-19(10-12-20)37-24-7-5-4-6-22(24)29/h4-14,18,31H,15-16H2,1-3H3,(H,30,34). The van der Waals surface area contributed by atoms with Gasteiger partial charge in [0.1, 0.15) is 17.1 Å². The minimum absolute atomic E-state index is 0.0343. The molecule has 1 saturated heterocycles. The summed E-state index contributed by atoms with van der Waals surface area (Å²) in [6.07, 6.45) is -0.570. The molecule has 206 valence electrons. The maximum Gasteiger partial charge on any atom is 0.407 e. The van der Waals surface area contributed by atoms with Crippen molar-refractivity contribution in [1.29, 1.82) is 0 Å². The molecule has 0 radical (unpaired) electrons. The molecule has 12 heteroatoms. The summed E-state index contributed by atoms with van der Waals surface area (Å²) in [7, 11) is -4.06. The number of sulfonamides is 1. The van der Waals surface area contributed by atoms with E-state index in [2.05, 4.69) is 10.0 Å². The molecule has 0 aliphatic carbocycles. The van der Waals surface area contributed by atoms with Gasteiger partial charge in [0, 0.05) is 18.1 Å². The zero-order valence-electron chi connectivity index (χ0n) is 21.4. The molecule has 0 saturated carbocycles. The van der Waals surface area contributed by atoms with Crippen molar-refractivity contribution in [3.05, 3.63) is 82.3 Å². The molecule has 1 aliphatic heterocycles. The van der Waals surface area contributed by atoms with Gasteiger partial charge in [-0.2, -0.15) is 0 Å². The number of alkyl carbamates (subject to hydrolysis) is 1. The summed E-state index contributed by atoms with van der Waals surface area (Å²) in [6.45, 7) is 5.75. The highest BCUT2D eigenvalue weighted by Crippen LogP contribution is 2.30. The molecule has 4 rings (SSSR count).